The van der Waals surface area contributed by atoms with Gasteiger partial charge in [0.05, 0.1) is 6.10 Å². The van der Waals surface area contributed by atoms with Crippen molar-refractivity contribution in [2.75, 3.05) is 13.6 Å². The molecule has 0 radical (unpaired) electrons. The van der Waals surface area contributed by atoms with Gasteiger partial charge in [0.15, 0.2) is 5.82 Å². The van der Waals surface area contributed by atoms with Gasteiger partial charge in [-0.3, -0.25) is 5.10 Å². The molecule has 0 bridgehead atoms. The third kappa shape index (κ3) is 5.07. The maximum Gasteiger partial charge on any atom is 0.317 e. The number of nitrogens with one attached hydrogen (secondary N) is 2. The van der Waals surface area contributed by atoms with Crippen LogP contribution >= 0.6 is 0 Å². The van der Waals surface area contributed by atoms with Crippen LogP contribution in [-0.2, 0) is 6.54 Å². The summed E-state index contributed by atoms with van der Waals surface area (Å²) in [6, 6.07) is 7.59. The normalized spacial score (nSPS) is 12.0. The Kier molecular flexibility index (Phi) is 5.70. The molecule has 0 saturated heterocycles. The Morgan fingerprint density at radius 3 is 2.91 bits per heavy atom. The Labute approximate surface area is 135 Å². The molecule has 1 heterocycles. The number of benzene rings is 1. The van der Waals surface area contributed by atoms with Crippen LogP contribution in [0, 0.1) is 6.92 Å². The fourth-order valence-electron chi connectivity index (χ4n) is 2.09. The molecule has 23 heavy (non-hydrogen) atoms. The molecule has 1 unspecified atom stereocenters. The third-order valence-electron chi connectivity index (χ3n) is 3.46. The molecule has 7 heteroatoms. The highest BCUT2D eigenvalue weighted by Gasteiger charge is 2.10. The zero-order chi connectivity index (χ0) is 16.8. The molecular weight excluding hydrogens is 294 g/mol. The van der Waals surface area contributed by atoms with Gasteiger partial charge >= 0.3 is 6.03 Å². The van der Waals surface area contributed by atoms with Crippen molar-refractivity contribution in [3.05, 3.63) is 35.7 Å². The van der Waals surface area contributed by atoms with Crippen molar-refractivity contribution in [3.8, 4) is 11.4 Å². The van der Waals surface area contributed by atoms with Crippen LogP contribution in [0.25, 0.3) is 11.4 Å². The molecule has 0 fully saturated rings. The first-order valence-corrected chi connectivity index (χ1v) is 7.61. The smallest absolute Gasteiger partial charge is 0.317 e. The van der Waals surface area contributed by atoms with Gasteiger partial charge in [-0.25, -0.2) is 9.78 Å². The lowest BCUT2D eigenvalue weighted by atomic mass is 10.1. The van der Waals surface area contributed by atoms with Crippen LogP contribution in [0.2, 0.25) is 0 Å². The maximum absolute atomic E-state index is 12.0. The molecule has 3 N–H and O–H groups in total. The van der Waals surface area contributed by atoms with E-state index in [2.05, 4.69) is 20.5 Å². The molecule has 0 aliphatic heterocycles. The fraction of sp³-hybridized carbons (Fsp3) is 0.438. The summed E-state index contributed by atoms with van der Waals surface area (Å²) in [5, 5.41) is 19.1. The van der Waals surface area contributed by atoms with Gasteiger partial charge in [0.1, 0.15) is 5.82 Å². The summed E-state index contributed by atoms with van der Waals surface area (Å²) >= 11 is 0. The number of H-pyrrole nitrogens is 1. The van der Waals surface area contributed by atoms with E-state index < -0.39 is 6.10 Å². The fourth-order valence-corrected chi connectivity index (χ4v) is 2.09. The topological polar surface area (TPSA) is 94.1 Å². The van der Waals surface area contributed by atoms with Crippen molar-refractivity contribution < 1.29 is 9.90 Å². The van der Waals surface area contributed by atoms with Gasteiger partial charge in [-0.05, 0) is 31.9 Å². The zero-order valence-electron chi connectivity index (χ0n) is 13.7. The molecule has 0 saturated carbocycles. The molecule has 2 rings (SSSR count). The molecular formula is C16H23N5O2. The Morgan fingerprint density at radius 1 is 1.48 bits per heavy atom. The van der Waals surface area contributed by atoms with Crippen molar-refractivity contribution in [3.63, 3.8) is 0 Å². The van der Waals surface area contributed by atoms with E-state index in [0.29, 0.717) is 25.3 Å². The van der Waals surface area contributed by atoms with E-state index in [1.165, 1.54) is 0 Å². The molecule has 1 atom stereocenters. The second-order valence-electron chi connectivity index (χ2n) is 5.66. The number of aryl methyl sites for hydroxylation is 1. The van der Waals surface area contributed by atoms with E-state index in [9.17, 15) is 9.90 Å². The van der Waals surface area contributed by atoms with Crippen LogP contribution in [0.3, 0.4) is 0 Å². The molecule has 1 aromatic heterocycles. The van der Waals surface area contributed by atoms with E-state index in [1.54, 1.807) is 18.9 Å². The number of nitrogens with zero attached hydrogens (tertiary/aromatic N) is 3. The Morgan fingerprint density at radius 2 is 2.26 bits per heavy atom. The summed E-state index contributed by atoms with van der Waals surface area (Å²) in [4.78, 5) is 17.9. The average molecular weight is 317 g/mol. The average Bonchev–Trinajstić information content (AvgIpc) is 2.97. The lowest BCUT2D eigenvalue weighted by Crippen LogP contribution is -2.38. The van der Waals surface area contributed by atoms with E-state index in [1.807, 2.05) is 31.2 Å². The van der Waals surface area contributed by atoms with Crippen molar-refractivity contribution >= 4 is 6.03 Å². The monoisotopic (exact) mass is 317 g/mol. The molecule has 124 valence electrons. The predicted molar refractivity (Wildman–Crippen MR) is 87.7 cm³/mol. The molecule has 1 aromatic carbocycles. The Hall–Kier alpha value is -2.41. The quantitative estimate of drug-likeness (QED) is 0.756. The number of carbonyl (C=O) groups is 1. The second kappa shape index (κ2) is 7.73. The number of amides is 2. The SMILES string of the molecule is Cc1nc(-c2cccc(CNC(=O)N(C)CCC(C)O)c2)n[nH]1. The van der Waals surface area contributed by atoms with Gasteiger partial charge < -0.3 is 15.3 Å². The van der Waals surface area contributed by atoms with Gasteiger partial charge in [-0.15, -0.1) is 0 Å². The van der Waals surface area contributed by atoms with Gasteiger partial charge in [0.2, 0.25) is 0 Å². The number of urea groups is 1. The van der Waals surface area contributed by atoms with Crippen LogP contribution in [0.5, 0.6) is 0 Å². The lowest BCUT2D eigenvalue weighted by Gasteiger charge is -2.18. The maximum atomic E-state index is 12.0. The number of aromatic nitrogens is 3. The second-order valence-corrected chi connectivity index (χ2v) is 5.66. The number of aliphatic hydroxyl groups excluding tert-OH is 1. The zero-order valence-corrected chi connectivity index (χ0v) is 13.7. The predicted octanol–water partition coefficient (Wildman–Crippen LogP) is 1.69. The first-order chi connectivity index (χ1) is 11.0. The van der Waals surface area contributed by atoms with Gasteiger partial charge in [-0.2, -0.15) is 5.10 Å². The van der Waals surface area contributed by atoms with E-state index in [-0.39, 0.29) is 6.03 Å². The number of aliphatic hydroxyl groups is 1. The molecule has 0 aliphatic carbocycles. The Bertz CT molecular complexity index is 653. The van der Waals surface area contributed by atoms with Crippen molar-refractivity contribution in [1.29, 1.82) is 0 Å². The van der Waals surface area contributed by atoms with Gasteiger partial charge in [0, 0.05) is 25.7 Å². The van der Waals surface area contributed by atoms with E-state index in [0.717, 1.165) is 17.0 Å². The van der Waals surface area contributed by atoms with Crippen LogP contribution < -0.4 is 5.32 Å². The molecule has 2 amide bonds. The van der Waals surface area contributed by atoms with Gasteiger partial charge in [-0.1, -0.05) is 18.2 Å². The third-order valence-corrected chi connectivity index (χ3v) is 3.46. The van der Waals surface area contributed by atoms with Crippen LogP contribution in [0.15, 0.2) is 24.3 Å². The molecule has 0 spiro atoms. The lowest BCUT2D eigenvalue weighted by molar-refractivity contribution is 0.163. The number of hydrogen-bond acceptors (Lipinski definition) is 4. The largest absolute Gasteiger partial charge is 0.393 e. The number of rotatable bonds is 6. The number of aromatic amines is 1. The molecule has 0 aliphatic rings. The highest BCUT2D eigenvalue weighted by atomic mass is 16.3. The Balaban J connectivity index is 1.92. The summed E-state index contributed by atoms with van der Waals surface area (Å²) in [6.07, 6.45) is 0.149. The van der Waals surface area contributed by atoms with E-state index in [4.69, 9.17) is 0 Å². The molecule has 2 aromatic rings. The van der Waals surface area contributed by atoms with Crippen molar-refractivity contribution in [1.82, 2.24) is 25.4 Å². The summed E-state index contributed by atoms with van der Waals surface area (Å²) in [5.74, 6) is 1.41. The summed E-state index contributed by atoms with van der Waals surface area (Å²) in [7, 11) is 1.71. The number of hydrogen-bond donors (Lipinski definition) is 3. The van der Waals surface area contributed by atoms with Gasteiger partial charge in [0.25, 0.3) is 0 Å². The summed E-state index contributed by atoms with van der Waals surface area (Å²) in [6.45, 7) is 4.50. The minimum absolute atomic E-state index is 0.162. The summed E-state index contributed by atoms with van der Waals surface area (Å²) in [5.41, 5.74) is 1.88. The highest BCUT2D eigenvalue weighted by molar-refractivity contribution is 5.73. The minimum atomic E-state index is -0.410. The van der Waals surface area contributed by atoms with Crippen molar-refractivity contribution in [2.24, 2.45) is 0 Å². The van der Waals surface area contributed by atoms with Crippen LogP contribution in [0.4, 0.5) is 4.79 Å². The highest BCUT2D eigenvalue weighted by Crippen LogP contribution is 2.16. The standard InChI is InChI=1S/C16H23N5O2/c1-11(22)7-8-21(3)16(23)17-10-13-5-4-6-14(9-13)15-18-12(2)19-20-15/h4-6,9,11,22H,7-8,10H2,1-3H3,(H,17,23)(H,18,19,20). The van der Waals surface area contributed by atoms with Crippen LogP contribution in [-0.4, -0.2) is 50.9 Å². The number of carbonyl (C=O) groups excluding carboxylic acids is 1. The molecule has 7 nitrogen and oxygen atoms in total. The van der Waals surface area contributed by atoms with E-state index >= 15 is 0 Å². The first kappa shape index (κ1) is 17.0. The van der Waals surface area contributed by atoms with Crippen molar-refractivity contribution in [2.45, 2.75) is 32.9 Å². The minimum Gasteiger partial charge on any atom is -0.393 e. The first-order valence-electron chi connectivity index (χ1n) is 7.61. The summed E-state index contributed by atoms with van der Waals surface area (Å²) < 4.78 is 0. The van der Waals surface area contributed by atoms with Crippen LogP contribution in [0.1, 0.15) is 24.7 Å².